The van der Waals surface area contributed by atoms with E-state index in [9.17, 15) is 4.39 Å². The summed E-state index contributed by atoms with van der Waals surface area (Å²) < 4.78 is 25.4. The average molecular weight is 348 g/mol. The first-order chi connectivity index (χ1) is 12.5. The SMILES string of the molecule is CC1(C)Cc2cc(-c3ccc(F)cc3)cc(COc3ccccc3)c2O1. The number of hydrogen-bond acceptors (Lipinski definition) is 2. The largest absolute Gasteiger partial charge is 0.489 e. The van der Waals surface area contributed by atoms with Crippen LogP contribution in [0.3, 0.4) is 0 Å². The van der Waals surface area contributed by atoms with Crippen molar-refractivity contribution in [2.45, 2.75) is 32.5 Å². The van der Waals surface area contributed by atoms with Gasteiger partial charge in [-0.15, -0.1) is 0 Å². The van der Waals surface area contributed by atoms with E-state index in [0.29, 0.717) is 6.61 Å². The van der Waals surface area contributed by atoms with Crippen LogP contribution in [-0.4, -0.2) is 5.60 Å². The maximum absolute atomic E-state index is 13.3. The molecule has 0 unspecified atom stereocenters. The topological polar surface area (TPSA) is 18.5 Å². The minimum Gasteiger partial charge on any atom is -0.489 e. The van der Waals surface area contributed by atoms with Crippen LogP contribution < -0.4 is 9.47 Å². The summed E-state index contributed by atoms with van der Waals surface area (Å²) in [5, 5.41) is 0. The second-order valence-corrected chi connectivity index (χ2v) is 7.27. The minimum atomic E-state index is -0.231. The fourth-order valence-corrected chi connectivity index (χ4v) is 3.38. The van der Waals surface area contributed by atoms with Crippen molar-refractivity contribution in [1.82, 2.24) is 0 Å². The monoisotopic (exact) mass is 348 g/mol. The standard InChI is InChI=1S/C23H21FO2/c1-23(2)14-18-12-17(16-8-10-20(24)11-9-16)13-19(22(18)26-23)15-25-21-6-4-3-5-7-21/h3-13H,14-15H2,1-2H3. The Morgan fingerprint density at radius 3 is 2.42 bits per heavy atom. The van der Waals surface area contributed by atoms with Gasteiger partial charge in [0.15, 0.2) is 0 Å². The van der Waals surface area contributed by atoms with Crippen molar-refractivity contribution in [3.63, 3.8) is 0 Å². The Hall–Kier alpha value is -2.81. The molecule has 26 heavy (non-hydrogen) atoms. The summed E-state index contributed by atoms with van der Waals surface area (Å²) in [6.45, 7) is 4.61. The number of ether oxygens (including phenoxy) is 2. The summed E-state index contributed by atoms with van der Waals surface area (Å²) in [6.07, 6.45) is 0.843. The lowest BCUT2D eigenvalue weighted by Gasteiger charge is -2.18. The molecule has 0 amide bonds. The highest BCUT2D eigenvalue weighted by molar-refractivity contribution is 5.68. The van der Waals surface area contributed by atoms with Crippen LogP contribution >= 0.6 is 0 Å². The summed E-state index contributed by atoms with van der Waals surface area (Å²) in [5.74, 6) is 1.51. The molecule has 0 N–H and O–H groups in total. The van der Waals surface area contributed by atoms with Crippen molar-refractivity contribution >= 4 is 0 Å². The molecule has 0 radical (unpaired) electrons. The van der Waals surface area contributed by atoms with Gasteiger partial charge in [0.2, 0.25) is 0 Å². The Balaban J connectivity index is 1.70. The molecule has 3 heteroatoms. The first-order valence-corrected chi connectivity index (χ1v) is 8.79. The molecule has 0 atom stereocenters. The molecule has 0 aromatic heterocycles. The molecule has 3 aromatic carbocycles. The third kappa shape index (κ3) is 3.43. The van der Waals surface area contributed by atoms with Crippen molar-refractivity contribution in [2.24, 2.45) is 0 Å². The fraction of sp³-hybridized carbons (Fsp3) is 0.217. The molecule has 1 aliphatic rings. The van der Waals surface area contributed by atoms with E-state index in [1.54, 1.807) is 12.1 Å². The highest BCUT2D eigenvalue weighted by Gasteiger charge is 2.32. The quantitative estimate of drug-likeness (QED) is 0.594. The highest BCUT2D eigenvalue weighted by atomic mass is 19.1. The van der Waals surface area contributed by atoms with Crippen molar-refractivity contribution in [1.29, 1.82) is 0 Å². The van der Waals surface area contributed by atoms with Crippen LogP contribution in [0.1, 0.15) is 25.0 Å². The van der Waals surface area contributed by atoms with E-state index in [2.05, 4.69) is 26.0 Å². The van der Waals surface area contributed by atoms with Gasteiger partial charge in [-0.25, -0.2) is 4.39 Å². The number of fused-ring (bicyclic) bond motifs is 1. The van der Waals surface area contributed by atoms with E-state index in [-0.39, 0.29) is 11.4 Å². The molecule has 2 nitrogen and oxygen atoms in total. The van der Waals surface area contributed by atoms with Gasteiger partial charge in [0, 0.05) is 12.0 Å². The zero-order chi connectivity index (χ0) is 18.1. The van der Waals surface area contributed by atoms with E-state index in [1.165, 1.54) is 17.7 Å². The second-order valence-electron chi connectivity index (χ2n) is 7.27. The Morgan fingerprint density at radius 1 is 0.962 bits per heavy atom. The molecule has 0 spiro atoms. The molecular weight excluding hydrogens is 327 g/mol. The van der Waals surface area contributed by atoms with Gasteiger partial charge < -0.3 is 9.47 Å². The normalized spacial score (nSPS) is 14.6. The molecule has 1 heterocycles. The molecule has 4 rings (SSSR count). The first kappa shape index (κ1) is 16.6. The molecule has 3 aromatic rings. The van der Waals surface area contributed by atoms with Crippen LogP contribution in [0.15, 0.2) is 66.7 Å². The Kier molecular flexibility index (Phi) is 4.15. The molecule has 1 aliphatic heterocycles. The van der Waals surface area contributed by atoms with Gasteiger partial charge in [0.25, 0.3) is 0 Å². The Labute approximate surface area is 153 Å². The van der Waals surface area contributed by atoms with Gasteiger partial charge in [-0.3, -0.25) is 0 Å². The molecule has 0 aliphatic carbocycles. The maximum Gasteiger partial charge on any atom is 0.130 e. The lowest BCUT2D eigenvalue weighted by molar-refractivity contribution is 0.135. The van der Waals surface area contributed by atoms with Crippen molar-refractivity contribution < 1.29 is 13.9 Å². The number of hydrogen-bond donors (Lipinski definition) is 0. The number of halogens is 1. The predicted octanol–water partition coefficient (Wildman–Crippen LogP) is 5.79. The zero-order valence-electron chi connectivity index (χ0n) is 15.0. The van der Waals surface area contributed by atoms with Gasteiger partial charge in [0.05, 0.1) is 0 Å². The third-order valence-corrected chi connectivity index (χ3v) is 4.55. The van der Waals surface area contributed by atoms with Gasteiger partial charge >= 0.3 is 0 Å². The van der Waals surface area contributed by atoms with Crippen LogP contribution in [0.2, 0.25) is 0 Å². The lowest BCUT2D eigenvalue weighted by Crippen LogP contribution is -2.24. The van der Waals surface area contributed by atoms with Crippen molar-refractivity contribution in [3.8, 4) is 22.6 Å². The average Bonchev–Trinajstić information content (AvgIpc) is 2.95. The van der Waals surface area contributed by atoms with Gasteiger partial charge in [0.1, 0.15) is 29.5 Å². The van der Waals surface area contributed by atoms with Crippen LogP contribution in [0.4, 0.5) is 4.39 Å². The lowest BCUT2D eigenvalue weighted by atomic mass is 9.95. The van der Waals surface area contributed by atoms with Gasteiger partial charge in [-0.2, -0.15) is 0 Å². The first-order valence-electron chi connectivity index (χ1n) is 8.79. The maximum atomic E-state index is 13.3. The Bertz CT molecular complexity index is 915. The van der Waals surface area contributed by atoms with E-state index < -0.39 is 0 Å². The van der Waals surface area contributed by atoms with Gasteiger partial charge in [-0.05, 0) is 66.9 Å². The Morgan fingerprint density at radius 2 is 1.69 bits per heavy atom. The molecule has 0 bridgehead atoms. The van der Waals surface area contributed by atoms with Crippen LogP contribution in [-0.2, 0) is 13.0 Å². The smallest absolute Gasteiger partial charge is 0.130 e. The van der Waals surface area contributed by atoms with E-state index >= 15 is 0 Å². The van der Waals surface area contributed by atoms with Crippen molar-refractivity contribution in [2.75, 3.05) is 0 Å². The van der Waals surface area contributed by atoms with Gasteiger partial charge in [-0.1, -0.05) is 30.3 Å². The molecule has 0 saturated carbocycles. The number of benzene rings is 3. The molecular formula is C23H21FO2. The molecule has 0 saturated heterocycles. The van der Waals surface area contributed by atoms with E-state index in [4.69, 9.17) is 9.47 Å². The number of rotatable bonds is 4. The van der Waals surface area contributed by atoms with E-state index in [0.717, 1.165) is 34.6 Å². The summed E-state index contributed by atoms with van der Waals surface area (Å²) in [7, 11) is 0. The third-order valence-electron chi connectivity index (χ3n) is 4.55. The summed E-state index contributed by atoms with van der Waals surface area (Å²) in [6, 6.07) is 20.6. The summed E-state index contributed by atoms with van der Waals surface area (Å²) in [4.78, 5) is 0. The summed E-state index contributed by atoms with van der Waals surface area (Å²) >= 11 is 0. The van der Waals surface area contributed by atoms with Crippen molar-refractivity contribution in [3.05, 3.63) is 83.7 Å². The van der Waals surface area contributed by atoms with E-state index in [1.807, 2.05) is 30.3 Å². The van der Waals surface area contributed by atoms with Crippen LogP contribution in [0.5, 0.6) is 11.5 Å². The molecule has 132 valence electrons. The minimum absolute atomic E-state index is 0.230. The zero-order valence-corrected chi connectivity index (χ0v) is 15.0. The highest BCUT2D eigenvalue weighted by Crippen LogP contribution is 2.41. The van der Waals surface area contributed by atoms with Crippen LogP contribution in [0, 0.1) is 5.82 Å². The second kappa shape index (κ2) is 6.49. The number of para-hydroxylation sites is 1. The predicted molar refractivity (Wildman–Crippen MR) is 101 cm³/mol. The summed E-state index contributed by atoms with van der Waals surface area (Å²) in [5.41, 5.74) is 3.99. The fourth-order valence-electron chi connectivity index (χ4n) is 3.38. The van der Waals surface area contributed by atoms with Crippen LogP contribution in [0.25, 0.3) is 11.1 Å². The molecule has 0 fully saturated rings.